The monoisotopic (exact) mass is 932 g/mol. The number of benzene rings is 7. The van der Waals surface area contributed by atoms with Crippen LogP contribution in [0.5, 0.6) is 0 Å². The van der Waals surface area contributed by atoms with E-state index < -0.39 is 5.41 Å². The number of hydrogen-bond donors (Lipinski definition) is 0. The molecule has 0 aliphatic carbocycles. The van der Waals surface area contributed by atoms with E-state index in [9.17, 15) is 0 Å². The first-order valence-corrected chi connectivity index (χ1v) is 19.4. The number of aromatic nitrogens is 2. The average molecular weight is 933 g/mol. The molecule has 3 heterocycles. The molecule has 0 amide bonds. The fourth-order valence-electron chi connectivity index (χ4n) is 8.49. The molecule has 0 bridgehead atoms. The van der Waals surface area contributed by atoms with E-state index in [4.69, 9.17) is 9.92 Å². The summed E-state index contributed by atoms with van der Waals surface area (Å²) < 4.78 is 2.27. The number of hydroxylamine groups is 1. The second kappa shape index (κ2) is 14.9. The molecule has 9 aromatic rings. The van der Waals surface area contributed by atoms with Crippen LogP contribution in [0.25, 0.3) is 38.8 Å². The van der Waals surface area contributed by atoms with Gasteiger partial charge in [0, 0.05) is 43.9 Å². The zero-order chi connectivity index (χ0) is 38.6. The van der Waals surface area contributed by atoms with Crippen molar-refractivity contribution < 1.29 is 26.0 Å². The van der Waals surface area contributed by atoms with Crippen molar-refractivity contribution in [3.05, 3.63) is 223 Å². The molecule has 1 aliphatic rings. The van der Waals surface area contributed by atoms with Crippen LogP contribution in [0.15, 0.2) is 188 Å². The van der Waals surface area contributed by atoms with Crippen LogP contribution >= 0.6 is 0 Å². The van der Waals surface area contributed by atoms with Crippen LogP contribution in [-0.2, 0) is 26.5 Å². The molecule has 7 aromatic carbocycles. The van der Waals surface area contributed by atoms with E-state index >= 15 is 0 Å². The van der Waals surface area contributed by atoms with Gasteiger partial charge in [0.05, 0.1) is 0 Å². The van der Waals surface area contributed by atoms with E-state index in [0.717, 1.165) is 78.1 Å². The number of rotatable bonds is 7. The average Bonchev–Trinajstić information content (AvgIpc) is 3.82. The van der Waals surface area contributed by atoms with E-state index in [2.05, 4.69) is 218 Å². The third kappa shape index (κ3) is 6.14. The summed E-state index contributed by atoms with van der Waals surface area (Å²) in [5.41, 5.74) is 10.4. The van der Waals surface area contributed by atoms with Gasteiger partial charge >= 0.3 is 0 Å². The molecule has 286 valence electrons. The Morgan fingerprint density at radius 1 is 0.534 bits per heavy atom. The minimum Gasteiger partial charge on any atom is -0.319 e. The molecule has 2 aromatic heterocycles. The third-order valence-corrected chi connectivity index (χ3v) is 11.0. The zero-order valence-electron chi connectivity index (χ0n) is 32.5. The Bertz CT molecular complexity index is 2850. The fraction of sp³-hybridized carbons (Fsp3) is 0.0962. The summed E-state index contributed by atoms with van der Waals surface area (Å²) in [6.45, 7) is 6.56. The summed E-state index contributed by atoms with van der Waals surface area (Å²) in [6, 6.07) is 72.3. The molecule has 1 aliphatic heterocycles. The second-order valence-corrected chi connectivity index (χ2v) is 15.6. The van der Waals surface area contributed by atoms with E-state index in [1.807, 2.05) is 17.3 Å². The van der Waals surface area contributed by atoms with Crippen LogP contribution in [0.4, 0.5) is 17.1 Å². The van der Waals surface area contributed by atoms with Gasteiger partial charge in [-0.15, -0.1) is 38.8 Å². The van der Waals surface area contributed by atoms with Gasteiger partial charge in [-0.2, -0.15) is 35.3 Å². The largest absolute Gasteiger partial charge is 0.319 e. The molecule has 0 atom stereocenters. The Kier molecular flexibility index (Phi) is 9.60. The smallest absolute Gasteiger partial charge is 0.145 e. The molecule has 1 N–H and O–H groups in total. The standard InChI is InChI=1S/C52H40N4O.Pt/c1-51(2,3)56-48-29-16-15-28-47(48)55(57-56)43-25-17-24-41(35-43)52(39-20-9-5-10-21-39,40-22-11-6-12-23-40)42-30-31-45-44-26-13-14-27-46(44)54(49(45)36-42)50-34-38(32-33-53-50)37-18-7-4-8-19-37;/h4-34H,1-3H3;/q-2;/p+1. The van der Waals surface area contributed by atoms with Gasteiger partial charge in [0.1, 0.15) is 22.7 Å². The van der Waals surface area contributed by atoms with Crippen LogP contribution in [0.1, 0.15) is 43.0 Å². The first kappa shape index (κ1) is 37.3. The Morgan fingerprint density at radius 2 is 1.16 bits per heavy atom. The van der Waals surface area contributed by atoms with Crippen LogP contribution in [-0.4, -0.2) is 20.0 Å². The van der Waals surface area contributed by atoms with Gasteiger partial charge in [-0.25, -0.2) is 4.98 Å². The van der Waals surface area contributed by atoms with Gasteiger partial charge in [0.25, 0.3) is 0 Å². The Labute approximate surface area is 354 Å². The molecule has 10 rings (SSSR count). The topological polar surface area (TPSA) is 37.1 Å². The summed E-state index contributed by atoms with van der Waals surface area (Å²) in [6.07, 6.45) is 1.91. The van der Waals surface area contributed by atoms with Crippen LogP contribution in [0.3, 0.4) is 0 Å². The van der Waals surface area contributed by atoms with Crippen molar-refractivity contribution in [3.63, 3.8) is 0 Å². The van der Waals surface area contributed by atoms with E-state index in [1.54, 1.807) is 0 Å². The molecule has 6 heteroatoms. The summed E-state index contributed by atoms with van der Waals surface area (Å²) in [5, 5.41) is 6.40. The molecule has 58 heavy (non-hydrogen) atoms. The number of anilines is 3. The predicted octanol–water partition coefficient (Wildman–Crippen LogP) is 12.4. The second-order valence-electron chi connectivity index (χ2n) is 15.6. The van der Waals surface area contributed by atoms with Crippen molar-refractivity contribution >= 4 is 38.9 Å². The van der Waals surface area contributed by atoms with Gasteiger partial charge in [-0.1, -0.05) is 127 Å². The van der Waals surface area contributed by atoms with Gasteiger partial charge in [-0.3, -0.25) is 0 Å². The van der Waals surface area contributed by atoms with E-state index in [-0.39, 0.29) is 26.6 Å². The first-order chi connectivity index (χ1) is 27.9. The third-order valence-electron chi connectivity index (χ3n) is 11.0. The van der Waals surface area contributed by atoms with Gasteiger partial charge < -0.3 is 4.57 Å². The minimum absolute atomic E-state index is 0. The number of fused-ring (bicyclic) bond motifs is 4. The molecule has 0 saturated carbocycles. The van der Waals surface area contributed by atoms with Crippen molar-refractivity contribution in [3.8, 4) is 16.9 Å². The van der Waals surface area contributed by atoms with Crippen molar-refractivity contribution in [2.75, 3.05) is 10.1 Å². The van der Waals surface area contributed by atoms with E-state index in [0.29, 0.717) is 0 Å². The van der Waals surface area contributed by atoms with Crippen molar-refractivity contribution in [1.29, 1.82) is 0 Å². The molecular weight excluding hydrogens is 892 g/mol. The Hall–Kier alpha value is -6.26. The van der Waals surface area contributed by atoms with Crippen LogP contribution < -0.4 is 10.1 Å². The number of hydrogen-bond acceptors (Lipinski definition) is 3. The number of nitrogens with zero attached hydrogens (tertiary/aromatic N) is 4. The Morgan fingerprint density at radius 3 is 1.86 bits per heavy atom. The molecule has 0 fully saturated rings. The summed E-state index contributed by atoms with van der Waals surface area (Å²) in [7, 11) is 0. The van der Waals surface area contributed by atoms with Gasteiger partial charge in [0.2, 0.25) is 0 Å². The van der Waals surface area contributed by atoms with Crippen LogP contribution in [0, 0.1) is 12.1 Å². The maximum absolute atomic E-state index is 5.20. The number of para-hydroxylation sites is 3. The van der Waals surface area contributed by atoms with Crippen molar-refractivity contribution in [1.82, 2.24) is 9.55 Å². The molecule has 5 nitrogen and oxygen atoms in total. The van der Waals surface area contributed by atoms with Crippen molar-refractivity contribution in [2.45, 2.75) is 31.7 Å². The molecule has 0 spiro atoms. The summed E-state index contributed by atoms with van der Waals surface area (Å²) in [4.78, 5) is 10.2. The molecule has 0 unspecified atom stereocenters. The zero-order valence-corrected chi connectivity index (χ0v) is 34.7. The van der Waals surface area contributed by atoms with Gasteiger partial charge in [0.15, 0.2) is 0 Å². The summed E-state index contributed by atoms with van der Waals surface area (Å²) >= 11 is 0. The molecular formula is C52H41N4OPt-. The van der Waals surface area contributed by atoms with Gasteiger partial charge in [-0.05, 0) is 78.7 Å². The minimum atomic E-state index is -0.809. The molecule has 0 radical (unpaired) electrons. The Balaban J connectivity index is 0.00000436. The maximum Gasteiger partial charge on any atom is 0.145 e. The predicted molar refractivity (Wildman–Crippen MR) is 233 cm³/mol. The maximum atomic E-state index is 5.20. The van der Waals surface area contributed by atoms with Crippen molar-refractivity contribution in [2.24, 2.45) is 0 Å². The summed E-state index contributed by atoms with van der Waals surface area (Å²) in [5.74, 6) is 0.840. The molecule has 0 saturated heterocycles. The van der Waals surface area contributed by atoms with Crippen LogP contribution in [0.2, 0.25) is 0 Å². The first-order valence-electron chi connectivity index (χ1n) is 19.4. The number of pyridine rings is 1. The normalized spacial score (nSPS) is 12.8. The quantitative estimate of drug-likeness (QED) is 0.0908. The van der Waals surface area contributed by atoms with E-state index in [1.165, 1.54) is 0 Å². The fourth-order valence-corrected chi connectivity index (χ4v) is 8.49. The SMILES string of the molecule is CC(C)(C)N1[OH+]N(c2[c-]c(C(c3[c-]c4c(cc3)c3ccccc3n4-c3cc(-c4ccccc4)ccn3)(c3ccccc3)c3ccccc3)ccc2)c2ccccc21.[Pt].